The Morgan fingerprint density at radius 3 is 2.55 bits per heavy atom. The molecule has 2 saturated heterocycles. The fourth-order valence-corrected chi connectivity index (χ4v) is 4.03. The average Bonchev–Trinajstić information content (AvgIpc) is 2.36. The second-order valence-corrected chi connectivity index (χ2v) is 6.98. The zero-order chi connectivity index (χ0) is 14.3. The predicted octanol–water partition coefficient (Wildman–Crippen LogP) is 0.138. The highest BCUT2D eigenvalue weighted by Crippen LogP contribution is 2.32. The number of hydrogen-bond acceptors (Lipinski definition) is 4. The lowest BCUT2D eigenvalue weighted by Crippen LogP contribution is -2.73. The van der Waals surface area contributed by atoms with E-state index in [1.54, 1.807) is 6.92 Å². The maximum atomic E-state index is 11.8. The monoisotopic (exact) mass is 281 g/mol. The summed E-state index contributed by atoms with van der Waals surface area (Å²) in [6.45, 7) is 8.49. The lowest BCUT2D eigenvalue weighted by Gasteiger charge is -2.57. The van der Waals surface area contributed by atoms with Gasteiger partial charge >= 0.3 is 0 Å². The quantitative estimate of drug-likeness (QED) is 0.782. The molecule has 0 aromatic heterocycles. The van der Waals surface area contributed by atoms with E-state index in [9.17, 15) is 9.90 Å². The van der Waals surface area contributed by atoms with Gasteiger partial charge in [0.15, 0.2) is 0 Å². The summed E-state index contributed by atoms with van der Waals surface area (Å²) in [5.74, 6) is 0.130. The average molecular weight is 281 g/mol. The Kier molecular flexibility index (Phi) is 3.77. The molecule has 2 heterocycles. The molecule has 3 aliphatic rings. The first kappa shape index (κ1) is 14.3. The Balaban J connectivity index is 1.74. The Bertz CT molecular complexity index is 385. The molecule has 1 aliphatic carbocycles. The zero-order valence-electron chi connectivity index (χ0n) is 12.7. The summed E-state index contributed by atoms with van der Waals surface area (Å²) in [6.07, 6.45) is 4.03. The van der Waals surface area contributed by atoms with Gasteiger partial charge in [0, 0.05) is 51.7 Å². The highest BCUT2D eigenvalue weighted by atomic mass is 16.3. The van der Waals surface area contributed by atoms with Crippen molar-refractivity contribution in [1.82, 2.24) is 14.7 Å². The van der Waals surface area contributed by atoms with Gasteiger partial charge in [0.1, 0.15) is 0 Å². The van der Waals surface area contributed by atoms with E-state index in [2.05, 4.69) is 16.7 Å². The van der Waals surface area contributed by atoms with Crippen LogP contribution in [0.3, 0.4) is 0 Å². The normalized spacial score (nSPS) is 36.5. The van der Waals surface area contributed by atoms with Gasteiger partial charge in [-0.05, 0) is 19.8 Å². The van der Waals surface area contributed by atoms with Crippen molar-refractivity contribution < 1.29 is 9.90 Å². The molecule has 0 aromatic carbocycles. The maximum Gasteiger partial charge on any atom is 0.219 e. The topological polar surface area (TPSA) is 47.0 Å². The number of aliphatic hydroxyl groups is 1. The van der Waals surface area contributed by atoms with Crippen LogP contribution in [0, 0.1) is 0 Å². The van der Waals surface area contributed by atoms with Crippen LogP contribution in [0.4, 0.5) is 0 Å². The van der Waals surface area contributed by atoms with E-state index in [1.807, 2.05) is 4.90 Å². The molecule has 20 heavy (non-hydrogen) atoms. The zero-order valence-corrected chi connectivity index (χ0v) is 12.7. The molecule has 5 heteroatoms. The van der Waals surface area contributed by atoms with Crippen molar-refractivity contribution >= 4 is 5.91 Å². The SMILES string of the molecule is CC(=O)N1CC2CN(C3CCC3)CCN2C(C)(CO)C1. The Morgan fingerprint density at radius 1 is 1.25 bits per heavy atom. The summed E-state index contributed by atoms with van der Waals surface area (Å²) in [5, 5.41) is 9.83. The van der Waals surface area contributed by atoms with Crippen LogP contribution in [-0.4, -0.2) is 82.7 Å². The van der Waals surface area contributed by atoms with Gasteiger partial charge < -0.3 is 10.0 Å². The molecule has 5 nitrogen and oxygen atoms in total. The number of rotatable bonds is 2. The first-order chi connectivity index (χ1) is 9.53. The summed E-state index contributed by atoms with van der Waals surface area (Å²) in [5.41, 5.74) is -0.277. The molecular formula is C15H27N3O2. The highest BCUT2D eigenvalue weighted by Gasteiger charge is 2.46. The number of amides is 1. The molecule has 114 valence electrons. The summed E-state index contributed by atoms with van der Waals surface area (Å²) >= 11 is 0. The molecule has 0 radical (unpaired) electrons. The molecule has 1 amide bonds. The van der Waals surface area contributed by atoms with Crippen molar-refractivity contribution in [3.63, 3.8) is 0 Å². The first-order valence-corrected chi connectivity index (χ1v) is 7.91. The standard InChI is InChI=1S/C15H27N3O2/c1-12(20)17-9-14-8-16(13-4-3-5-13)6-7-18(14)15(2,10-17)11-19/h13-14,19H,3-11H2,1-2H3. The molecule has 0 aromatic rings. The lowest BCUT2D eigenvalue weighted by molar-refractivity contribution is -0.145. The van der Waals surface area contributed by atoms with E-state index in [0.29, 0.717) is 12.6 Å². The maximum absolute atomic E-state index is 11.8. The molecule has 0 bridgehead atoms. The number of carbonyl (C=O) groups excluding carboxylic acids is 1. The minimum atomic E-state index is -0.277. The van der Waals surface area contributed by atoms with Crippen LogP contribution >= 0.6 is 0 Å². The van der Waals surface area contributed by atoms with Crippen LogP contribution in [0.2, 0.25) is 0 Å². The van der Waals surface area contributed by atoms with Crippen molar-refractivity contribution in [3.05, 3.63) is 0 Å². The number of hydrogen-bond donors (Lipinski definition) is 1. The number of carbonyl (C=O) groups is 1. The van der Waals surface area contributed by atoms with Gasteiger partial charge in [-0.2, -0.15) is 0 Å². The number of piperazine rings is 2. The molecule has 2 atom stereocenters. The smallest absolute Gasteiger partial charge is 0.219 e. The third kappa shape index (κ3) is 2.36. The third-order valence-corrected chi connectivity index (χ3v) is 5.55. The molecule has 3 rings (SSSR count). The first-order valence-electron chi connectivity index (χ1n) is 7.91. The van der Waals surface area contributed by atoms with Crippen molar-refractivity contribution in [3.8, 4) is 0 Å². The van der Waals surface area contributed by atoms with Gasteiger partial charge in [0.25, 0.3) is 0 Å². The van der Waals surface area contributed by atoms with E-state index >= 15 is 0 Å². The van der Waals surface area contributed by atoms with Crippen LogP contribution < -0.4 is 0 Å². The van der Waals surface area contributed by atoms with Gasteiger partial charge in [-0.25, -0.2) is 0 Å². The van der Waals surface area contributed by atoms with Crippen LogP contribution in [0.5, 0.6) is 0 Å². The Labute approximate surface area is 121 Å². The van der Waals surface area contributed by atoms with Crippen molar-refractivity contribution in [2.45, 2.75) is 50.7 Å². The predicted molar refractivity (Wildman–Crippen MR) is 77.5 cm³/mol. The van der Waals surface area contributed by atoms with Gasteiger partial charge in [-0.1, -0.05) is 6.42 Å². The molecule has 3 fully saturated rings. The minimum absolute atomic E-state index is 0.122. The van der Waals surface area contributed by atoms with Crippen LogP contribution in [-0.2, 0) is 4.79 Å². The Hall–Kier alpha value is -0.650. The molecule has 1 N–H and O–H groups in total. The number of nitrogens with zero attached hydrogens (tertiary/aromatic N) is 3. The van der Waals surface area contributed by atoms with E-state index in [4.69, 9.17) is 0 Å². The van der Waals surface area contributed by atoms with Crippen molar-refractivity contribution in [2.24, 2.45) is 0 Å². The third-order valence-electron chi connectivity index (χ3n) is 5.55. The van der Waals surface area contributed by atoms with E-state index < -0.39 is 0 Å². The van der Waals surface area contributed by atoms with Crippen LogP contribution in [0.15, 0.2) is 0 Å². The molecule has 2 unspecified atom stereocenters. The largest absolute Gasteiger partial charge is 0.394 e. The van der Waals surface area contributed by atoms with Gasteiger partial charge in [-0.15, -0.1) is 0 Å². The van der Waals surface area contributed by atoms with Gasteiger partial charge in [0.05, 0.1) is 12.1 Å². The van der Waals surface area contributed by atoms with E-state index in [0.717, 1.165) is 32.2 Å². The summed E-state index contributed by atoms with van der Waals surface area (Å²) in [4.78, 5) is 18.7. The van der Waals surface area contributed by atoms with Crippen molar-refractivity contribution in [1.29, 1.82) is 0 Å². The van der Waals surface area contributed by atoms with E-state index in [1.165, 1.54) is 19.3 Å². The van der Waals surface area contributed by atoms with Crippen LogP contribution in [0.25, 0.3) is 0 Å². The summed E-state index contributed by atoms with van der Waals surface area (Å²) in [7, 11) is 0. The summed E-state index contributed by atoms with van der Waals surface area (Å²) in [6, 6.07) is 1.14. The second kappa shape index (κ2) is 5.28. The minimum Gasteiger partial charge on any atom is -0.394 e. The number of fused-ring (bicyclic) bond motifs is 1. The highest BCUT2D eigenvalue weighted by molar-refractivity contribution is 5.73. The number of aliphatic hydroxyl groups excluding tert-OH is 1. The second-order valence-electron chi connectivity index (χ2n) is 6.98. The Morgan fingerprint density at radius 2 is 2.00 bits per heavy atom. The van der Waals surface area contributed by atoms with Crippen LogP contribution in [0.1, 0.15) is 33.1 Å². The van der Waals surface area contributed by atoms with Crippen molar-refractivity contribution in [2.75, 3.05) is 39.3 Å². The fraction of sp³-hybridized carbons (Fsp3) is 0.933. The molecular weight excluding hydrogens is 254 g/mol. The molecule has 2 aliphatic heterocycles. The van der Waals surface area contributed by atoms with Gasteiger partial charge in [-0.3, -0.25) is 14.6 Å². The van der Waals surface area contributed by atoms with Gasteiger partial charge in [0.2, 0.25) is 5.91 Å². The van der Waals surface area contributed by atoms with E-state index in [-0.39, 0.29) is 18.1 Å². The molecule has 1 saturated carbocycles. The molecule has 0 spiro atoms. The summed E-state index contributed by atoms with van der Waals surface area (Å²) < 4.78 is 0. The fourth-order valence-electron chi connectivity index (χ4n) is 4.03. The lowest BCUT2D eigenvalue weighted by atomic mass is 9.87.